The van der Waals surface area contributed by atoms with Crippen LogP contribution in [0.25, 0.3) is 0 Å². The van der Waals surface area contributed by atoms with E-state index in [-0.39, 0.29) is 29.0 Å². The second-order valence-electron chi connectivity index (χ2n) is 4.31. The summed E-state index contributed by atoms with van der Waals surface area (Å²) < 4.78 is 5.34. The van der Waals surface area contributed by atoms with Gasteiger partial charge in [-0.1, -0.05) is 13.0 Å². The summed E-state index contributed by atoms with van der Waals surface area (Å²) in [5, 5.41) is 19.2. The van der Waals surface area contributed by atoms with Crippen LogP contribution in [-0.2, 0) is 4.74 Å². The summed E-state index contributed by atoms with van der Waals surface area (Å²) in [6.07, 6.45) is 0.797. The molecule has 2 rings (SSSR count). The number of phenolic OH excluding ortho intramolecular Hbond substituents is 2. The van der Waals surface area contributed by atoms with E-state index in [1.54, 1.807) is 11.0 Å². The molecule has 0 aromatic heterocycles. The largest absolute Gasteiger partial charge is 0.504 e. The number of aromatic hydroxyl groups is 2. The van der Waals surface area contributed by atoms with Crippen LogP contribution in [0.5, 0.6) is 11.5 Å². The summed E-state index contributed by atoms with van der Waals surface area (Å²) in [6.45, 7) is 3.51. The first-order chi connectivity index (χ1) is 8.65. The number of amides is 1. The fourth-order valence-electron chi connectivity index (χ4n) is 2.12. The number of hydrogen-bond donors (Lipinski definition) is 2. The van der Waals surface area contributed by atoms with E-state index in [0.717, 1.165) is 6.42 Å². The highest BCUT2D eigenvalue weighted by molar-refractivity contribution is 5.97. The molecule has 0 radical (unpaired) electrons. The lowest BCUT2D eigenvalue weighted by Crippen LogP contribution is -2.48. The van der Waals surface area contributed by atoms with Crippen LogP contribution < -0.4 is 0 Å². The second kappa shape index (κ2) is 5.27. The molecule has 98 valence electrons. The molecule has 1 atom stereocenters. The number of nitrogens with zero attached hydrogens (tertiary/aromatic N) is 1. The number of morpholine rings is 1. The van der Waals surface area contributed by atoms with E-state index < -0.39 is 0 Å². The van der Waals surface area contributed by atoms with Crippen LogP contribution in [0.1, 0.15) is 23.7 Å². The molecule has 0 bridgehead atoms. The average molecular weight is 251 g/mol. The van der Waals surface area contributed by atoms with Crippen LogP contribution >= 0.6 is 0 Å². The molecule has 5 nitrogen and oxygen atoms in total. The molecule has 18 heavy (non-hydrogen) atoms. The zero-order valence-electron chi connectivity index (χ0n) is 10.3. The Hall–Kier alpha value is -1.75. The van der Waals surface area contributed by atoms with E-state index >= 15 is 0 Å². The maximum atomic E-state index is 12.3. The molecular formula is C13H17NO4. The molecule has 0 aliphatic carbocycles. The van der Waals surface area contributed by atoms with Crippen molar-refractivity contribution in [1.82, 2.24) is 4.90 Å². The lowest BCUT2D eigenvalue weighted by atomic mass is 10.1. The zero-order valence-corrected chi connectivity index (χ0v) is 10.3. The minimum Gasteiger partial charge on any atom is -0.504 e. The fraction of sp³-hybridized carbons (Fsp3) is 0.462. The van der Waals surface area contributed by atoms with Crippen LogP contribution in [0, 0.1) is 0 Å². The van der Waals surface area contributed by atoms with Gasteiger partial charge < -0.3 is 19.8 Å². The third kappa shape index (κ3) is 2.26. The molecule has 1 aromatic carbocycles. The monoisotopic (exact) mass is 251 g/mol. The Balaban J connectivity index is 2.27. The highest BCUT2D eigenvalue weighted by atomic mass is 16.5. The lowest BCUT2D eigenvalue weighted by molar-refractivity contribution is -0.00295. The number of carbonyl (C=O) groups is 1. The van der Waals surface area contributed by atoms with Crippen molar-refractivity contribution in [3.63, 3.8) is 0 Å². The highest BCUT2D eigenvalue weighted by Crippen LogP contribution is 2.30. The molecule has 2 N–H and O–H groups in total. The molecule has 1 fully saturated rings. The summed E-state index contributed by atoms with van der Waals surface area (Å²) in [6, 6.07) is 4.43. The van der Waals surface area contributed by atoms with E-state index in [9.17, 15) is 15.0 Å². The predicted octanol–water partition coefficient (Wildman–Crippen LogP) is 1.35. The number of carbonyl (C=O) groups excluding carboxylic acids is 1. The summed E-state index contributed by atoms with van der Waals surface area (Å²) in [5.41, 5.74) is 0.135. The zero-order chi connectivity index (χ0) is 13.1. The van der Waals surface area contributed by atoms with Gasteiger partial charge in [-0.05, 0) is 18.6 Å². The van der Waals surface area contributed by atoms with Crippen molar-refractivity contribution in [2.45, 2.75) is 19.4 Å². The predicted molar refractivity (Wildman–Crippen MR) is 65.7 cm³/mol. The molecule has 1 saturated heterocycles. The summed E-state index contributed by atoms with van der Waals surface area (Å²) in [4.78, 5) is 14.0. The minimum absolute atomic E-state index is 0.0213. The number of para-hydroxylation sites is 1. The SMILES string of the molecule is CCC1COCCN1C(=O)c1cccc(O)c1O. The number of ether oxygens (including phenoxy) is 1. The van der Waals surface area contributed by atoms with Gasteiger partial charge in [0.1, 0.15) is 0 Å². The van der Waals surface area contributed by atoms with Gasteiger partial charge in [0.25, 0.3) is 5.91 Å². The minimum atomic E-state index is -0.358. The number of rotatable bonds is 2. The number of hydrogen-bond acceptors (Lipinski definition) is 4. The summed E-state index contributed by atoms with van der Waals surface area (Å²) >= 11 is 0. The third-order valence-electron chi connectivity index (χ3n) is 3.20. The Morgan fingerprint density at radius 1 is 1.50 bits per heavy atom. The van der Waals surface area contributed by atoms with Gasteiger partial charge >= 0.3 is 0 Å². The molecule has 1 aliphatic rings. The molecule has 0 saturated carbocycles. The number of phenols is 2. The number of benzene rings is 1. The summed E-state index contributed by atoms with van der Waals surface area (Å²) in [5.74, 6) is -0.899. The average Bonchev–Trinajstić information content (AvgIpc) is 2.41. The maximum Gasteiger partial charge on any atom is 0.258 e. The molecule has 1 unspecified atom stereocenters. The fourth-order valence-corrected chi connectivity index (χ4v) is 2.12. The smallest absolute Gasteiger partial charge is 0.258 e. The van der Waals surface area contributed by atoms with E-state index in [0.29, 0.717) is 19.8 Å². The van der Waals surface area contributed by atoms with Gasteiger partial charge in [-0.2, -0.15) is 0 Å². The van der Waals surface area contributed by atoms with Crippen molar-refractivity contribution in [3.8, 4) is 11.5 Å². The highest BCUT2D eigenvalue weighted by Gasteiger charge is 2.28. The van der Waals surface area contributed by atoms with Crippen LogP contribution in [0.4, 0.5) is 0 Å². The van der Waals surface area contributed by atoms with Gasteiger partial charge in [0.15, 0.2) is 11.5 Å². The maximum absolute atomic E-state index is 12.3. The van der Waals surface area contributed by atoms with Crippen molar-refractivity contribution in [2.75, 3.05) is 19.8 Å². The quantitative estimate of drug-likeness (QED) is 0.778. The summed E-state index contributed by atoms with van der Waals surface area (Å²) in [7, 11) is 0. The van der Waals surface area contributed by atoms with Gasteiger partial charge in [-0.3, -0.25) is 4.79 Å². The van der Waals surface area contributed by atoms with Crippen LogP contribution in [0.15, 0.2) is 18.2 Å². The van der Waals surface area contributed by atoms with E-state index in [4.69, 9.17) is 4.74 Å². The molecule has 5 heteroatoms. The first kappa shape index (κ1) is 12.7. The Kier molecular flexibility index (Phi) is 3.72. The van der Waals surface area contributed by atoms with E-state index in [2.05, 4.69) is 0 Å². The van der Waals surface area contributed by atoms with E-state index in [1.165, 1.54) is 12.1 Å². The third-order valence-corrected chi connectivity index (χ3v) is 3.20. The topological polar surface area (TPSA) is 70.0 Å². The Morgan fingerprint density at radius 3 is 3.00 bits per heavy atom. The van der Waals surface area contributed by atoms with Crippen molar-refractivity contribution in [2.24, 2.45) is 0 Å². The van der Waals surface area contributed by atoms with Gasteiger partial charge in [-0.15, -0.1) is 0 Å². The van der Waals surface area contributed by atoms with Crippen molar-refractivity contribution in [1.29, 1.82) is 0 Å². The van der Waals surface area contributed by atoms with Crippen molar-refractivity contribution >= 4 is 5.91 Å². The van der Waals surface area contributed by atoms with E-state index in [1.807, 2.05) is 6.92 Å². The Morgan fingerprint density at radius 2 is 2.28 bits per heavy atom. The van der Waals surface area contributed by atoms with Gasteiger partial charge in [0, 0.05) is 6.54 Å². The molecule has 0 spiro atoms. The van der Waals surface area contributed by atoms with Crippen LogP contribution in [-0.4, -0.2) is 46.8 Å². The molecule has 1 amide bonds. The molecule has 1 heterocycles. The first-order valence-electron chi connectivity index (χ1n) is 6.04. The first-order valence-corrected chi connectivity index (χ1v) is 6.04. The molecule has 1 aromatic rings. The van der Waals surface area contributed by atoms with Crippen LogP contribution in [0.2, 0.25) is 0 Å². The van der Waals surface area contributed by atoms with Crippen LogP contribution in [0.3, 0.4) is 0 Å². The van der Waals surface area contributed by atoms with Crippen molar-refractivity contribution in [3.05, 3.63) is 23.8 Å². The second-order valence-corrected chi connectivity index (χ2v) is 4.31. The van der Waals surface area contributed by atoms with Gasteiger partial charge in [0.2, 0.25) is 0 Å². The standard InChI is InChI=1S/C13H17NO4/c1-2-9-8-18-7-6-14(9)13(17)10-4-3-5-11(15)12(10)16/h3-5,9,15-16H,2,6-8H2,1H3. The molecule has 1 aliphatic heterocycles. The van der Waals surface area contributed by atoms with Crippen molar-refractivity contribution < 1.29 is 19.7 Å². The van der Waals surface area contributed by atoms with Gasteiger partial charge in [0.05, 0.1) is 24.8 Å². The lowest BCUT2D eigenvalue weighted by Gasteiger charge is -2.35. The Bertz CT molecular complexity index is 447. The van der Waals surface area contributed by atoms with Gasteiger partial charge in [-0.25, -0.2) is 0 Å². The Labute approximate surface area is 106 Å². The normalized spacial score (nSPS) is 19.8. The molecular weight excluding hydrogens is 234 g/mol.